The van der Waals surface area contributed by atoms with Crippen LogP contribution in [0.4, 0.5) is 0 Å². The van der Waals surface area contributed by atoms with Crippen molar-refractivity contribution in [1.82, 2.24) is 0 Å². The summed E-state index contributed by atoms with van der Waals surface area (Å²) in [6, 6.07) is 0. The lowest BCUT2D eigenvalue weighted by Crippen LogP contribution is -1.99. The molecule has 0 bridgehead atoms. The molecule has 0 N–H and O–H groups in total. The number of unbranched alkanes of at least 4 members (excludes halogenated alkanes) is 9. The summed E-state index contributed by atoms with van der Waals surface area (Å²) in [6.45, 7) is 2.14. The molecule has 0 saturated carbocycles. The van der Waals surface area contributed by atoms with Crippen LogP contribution in [0.3, 0.4) is 0 Å². The molecular weight excluding hydrogens is 254 g/mol. The lowest BCUT2D eigenvalue weighted by Gasteiger charge is -2.00. The number of carbonyl (C=O) groups excluding carboxylic acids is 1. The average molecular weight is 283 g/mol. The molecule has 20 heavy (non-hydrogen) atoms. The fourth-order valence-electron chi connectivity index (χ4n) is 2.17. The van der Waals surface area contributed by atoms with E-state index in [-0.39, 0.29) is 4.92 Å². The molecule has 4 heteroatoms. The highest BCUT2D eigenvalue weighted by atomic mass is 16.6. The first kappa shape index (κ1) is 18.8. The van der Waals surface area contributed by atoms with Crippen molar-refractivity contribution in [2.24, 2.45) is 0 Å². The van der Waals surface area contributed by atoms with Crippen LogP contribution in [0.1, 0.15) is 84.0 Å². The second-order valence-electron chi connectivity index (χ2n) is 5.28. The van der Waals surface area contributed by atoms with E-state index >= 15 is 0 Å². The summed E-state index contributed by atoms with van der Waals surface area (Å²) in [7, 11) is 0. The van der Waals surface area contributed by atoms with Crippen LogP contribution >= 0.6 is 0 Å². The van der Waals surface area contributed by atoms with E-state index in [1.807, 2.05) is 0 Å². The molecular formula is C16H29NO3. The third-order valence-electron chi connectivity index (χ3n) is 3.43. The molecule has 0 unspecified atom stereocenters. The molecule has 0 spiro atoms. The molecule has 0 saturated heterocycles. The number of nitrogens with zero attached hydrogens (tertiary/aromatic N) is 1. The molecule has 0 amide bonds. The van der Waals surface area contributed by atoms with Gasteiger partial charge in [0.25, 0.3) is 0 Å². The van der Waals surface area contributed by atoms with E-state index in [0.717, 1.165) is 70.5 Å². The molecule has 0 aliphatic heterocycles. The predicted molar refractivity (Wildman–Crippen MR) is 82.2 cm³/mol. The van der Waals surface area contributed by atoms with Crippen molar-refractivity contribution < 1.29 is 9.72 Å². The minimum absolute atomic E-state index is 0.226. The first-order valence-electron chi connectivity index (χ1n) is 7.99. The van der Waals surface area contributed by atoms with Crippen LogP contribution in [0.15, 0.2) is 11.8 Å². The van der Waals surface area contributed by atoms with Crippen LogP contribution in [0.2, 0.25) is 0 Å². The van der Waals surface area contributed by atoms with Crippen molar-refractivity contribution in [1.29, 1.82) is 0 Å². The number of allylic oxidation sites excluding steroid dienone is 2. The summed E-state index contributed by atoms with van der Waals surface area (Å²) in [4.78, 5) is 20.8. The molecule has 116 valence electrons. The maximum Gasteiger partial charge on any atom is 0.242 e. The van der Waals surface area contributed by atoms with Crippen molar-refractivity contribution >= 4 is 6.29 Å². The number of rotatable bonds is 14. The quantitative estimate of drug-likeness (QED) is 0.194. The Morgan fingerprint density at radius 3 is 2.15 bits per heavy atom. The minimum atomic E-state index is -0.226. The van der Waals surface area contributed by atoms with Gasteiger partial charge in [0, 0.05) is 12.8 Å². The van der Waals surface area contributed by atoms with Gasteiger partial charge in [-0.2, -0.15) is 0 Å². The van der Waals surface area contributed by atoms with Crippen molar-refractivity contribution in [3.63, 3.8) is 0 Å². The van der Waals surface area contributed by atoms with E-state index in [2.05, 4.69) is 6.92 Å². The van der Waals surface area contributed by atoms with Gasteiger partial charge in [0.05, 0.1) is 4.92 Å². The van der Waals surface area contributed by atoms with Crippen LogP contribution in [0, 0.1) is 10.1 Å². The third kappa shape index (κ3) is 11.9. The van der Waals surface area contributed by atoms with Crippen LogP contribution in [-0.4, -0.2) is 11.2 Å². The number of nitro groups is 1. The van der Waals surface area contributed by atoms with E-state index in [9.17, 15) is 14.9 Å². The first-order chi connectivity index (χ1) is 9.72. The van der Waals surface area contributed by atoms with Crippen LogP contribution in [0.5, 0.6) is 0 Å². The molecule has 0 aromatic heterocycles. The molecule has 0 fully saturated rings. The van der Waals surface area contributed by atoms with Gasteiger partial charge in [-0.1, -0.05) is 45.4 Å². The number of aldehydes is 1. The second kappa shape index (κ2) is 14.2. The predicted octanol–water partition coefficient (Wildman–Crippen LogP) is 5.05. The molecule has 0 atom stereocenters. The van der Waals surface area contributed by atoms with Crippen LogP contribution in [0.25, 0.3) is 0 Å². The van der Waals surface area contributed by atoms with E-state index in [4.69, 9.17) is 0 Å². The molecule has 0 aliphatic rings. The van der Waals surface area contributed by atoms with Gasteiger partial charge in [-0.05, 0) is 31.8 Å². The zero-order chi connectivity index (χ0) is 15.1. The third-order valence-corrected chi connectivity index (χ3v) is 3.43. The summed E-state index contributed by atoms with van der Waals surface area (Å²) in [5, 5.41) is 10.9. The molecule has 0 aromatic carbocycles. The van der Waals surface area contributed by atoms with Crippen molar-refractivity contribution in [3.05, 3.63) is 21.9 Å². The standard InChI is InChI=1S/C16H29NO3/c1-2-3-4-10-13-16(17(19)20)14-11-8-6-5-7-9-12-15-18/h14-15H,2-13H2,1H3/b16-14-. The Kier molecular flexibility index (Phi) is 13.4. The van der Waals surface area contributed by atoms with Gasteiger partial charge in [-0.25, -0.2) is 0 Å². The zero-order valence-electron chi connectivity index (χ0n) is 12.8. The van der Waals surface area contributed by atoms with Crippen LogP contribution in [-0.2, 0) is 4.79 Å². The maximum atomic E-state index is 10.9. The first-order valence-corrected chi connectivity index (χ1v) is 7.99. The summed E-state index contributed by atoms with van der Waals surface area (Å²) in [6.07, 6.45) is 14.4. The molecule has 0 radical (unpaired) electrons. The van der Waals surface area contributed by atoms with Gasteiger partial charge in [-0.15, -0.1) is 0 Å². The zero-order valence-corrected chi connectivity index (χ0v) is 12.8. The summed E-state index contributed by atoms with van der Waals surface area (Å²) >= 11 is 0. The Labute approximate surface area is 122 Å². The monoisotopic (exact) mass is 283 g/mol. The van der Waals surface area contributed by atoms with E-state index < -0.39 is 0 Å². The fourth-order valence-corrected chi connectivity index (χ4v) is 2.17. The molecule has 0 rings (SSSR count). The van der Waals surface area contributed by atoms with E-state index in [1.54, 1.807) is 6.08 Å². The highest BCUT2D eigenvalue weighted by Gasteiger charge is 2.08. The van der Waals surface area contributed by atoms with Gasteiger partial charge in [0.2, 0.25) is 5.70 Å². The van der Waals surface area contributed by atoms with Gasteiger partial charge in [-0.3, -0.25) is 10.1 Å². The normalized spacial score (nSPS) is 11.6. The summed E-state index contributed by atoms with van der Waals surface area (Å²) in [5.41, 5.74) is 0.391. The number of hydrogen-bond acceptors (Lipinski definition) is 3. The molecule has 4 nitrogen and oxygen atoms in total. The minimum Gasteiger partial charge on any atom is -0.303 e. The lowest BCUT2D eigenvalue weighted by atomic mass is 10.1. The SMILES string of the molecule is CCCCCC/C(=C/CCCCCCCC=O)[N+](=O)[O-]. The second-order valence-corrected chi connectivity index (χ2v) is 5.28. The topological polar surface area (TPSA) is 60.2 Å². The fraction of sp³-hybridized carbons (Fsp3) is 0.812. The van der Waals surface area contributed by atoms with Gasteiger partial charge in [0.1, 0.15) is 6.29 Å². The summed E-state index contributed by atoms with van der Waals surface area (Å²) in [5.74, 6) is 0. The number of hydrogen-bond donors (Lipinski definition) is 0. The Hall–Kier alpha value is -1.19. The van der Waals surface area contributed by atoms with Gasteiger partial charge < -0.3 is 4.79 Å². The largest absolute Gasteiger partial charge is 0.303 e. The molecule has 0 aromatic rings. The molecule has 0 aliphatic carbocycles. The molecule has 0 heterocycles. The lowest BCUT2D eigenvalue weighted by molar-refractivity contribution is -0.428. The highest BCUT2D eigenvalue weighted by molar-refractivity contribution is 5.48. The Balaban J connectivity index is 3.69. The van der Waals surface area contributed by atoms with E-state index in [1.165, 1.54) is 0 Å². The Morgan fingerprint density at radius 2 is 1.55 bits per heavy atom. The van der Waals surface area contributed by atoms with Gasteiger partial charge in [0.15, 0.2) is 0 Å². The van der Waals surface area contributed by atoms with Gasteiger partial charge >= 0.3 is 0 Å². The van der Waals surface area contributed by atoms with Crippen molar-refractivity contribution in [2.75, 3.05) is 0 Å². The van der Waals surface area contributed by atoms with Crippen molar-refractivity contribution in [3.8, 4) is 0 Å². The number of carbonyl (C=O) groups is 1. The Bertz CT molecular complexity index is 287. The highest BCUT2D eigenvalue weighted by Crippen LogP contribution is 2.13. The van der Waals surface area contributed by atoms with Crippen LogP contribution < -0.4 is 0 Å². The van der Waals surface area contributed by atoms with Crippen molar-refractivity contribution in [2.45, 2.75) is 84.0 Å². The van der Waals surface area contributed by atoms with E-state index in [0.29, 0.717) is 18.5 Å². The average Bonchev–Trinajstić information content (AvgIpc) is 2.43. The summed E-state index contributed by atoms with van der Waals surface area (Å²) < 4.78 is 0. The Morgan fingerprint density at radius 1 is 0.950 bits per heavy atom. The smallest absolute Gasteiger partial charge is 0.242 e. The maximum absolute atomic E-state index is 10.9.